The molecule has 0 atom stereocenters. The summed E-state index contributed by atoms with van der Waals surface area (Å²) < 4.78 is 17.6. The lowest BCUT2D eigenvalue weighted by molar-refractivity contribution is -0.218. The number of rotatable bonds is 2. The second-order valence-electron chi connectivity index (χ2n) is 4.50. The normalized spacial score (nSPS) is 37.7. The SMILES string of the molecule is [CH]C([CH])([CH])OC(=O)N(N)C12CC(F)(C1)C2. The van der Waals surface area contributed by atoms with Crippen molar-refractivity contribution in [2.75, 3.05) is 0 Å². The van der Waals surface area contributed by atoms with Crippen LogP contribution in [-0.2, 0) is 4.74 Å². The van der Waals surface area contributed by atoms with Gasteiger partial charge in [-0.3, -0.25) is 0 Å². The van der Waals surface area contributed by atoms with E-state index in [1.807, 2.05) is 0 Å². The number of halogens is 1. The zero-order chi connectivity index (χ0) is 11.5. The first-order valence-electron chi connectivity index (χ1n) is 4.49. The molecule has 0 aromatic rings. The van der Waals surface area contributed by atoms with Crippen LogP contribution in [0.15, 0.2) is 0 Å². The Labute approximate surface area is 88.5 Å². The van der Waals surface area contributed by atoms with Gasteiger partial charge in [0.2, 0.25) is 0 Å². The average Bonchev–Trinajstić information content (AvgIpc) is 1.92. The number of hydrogen-bond donors (Lipinski definition) is 1. The minimum absolute atomic E-state index is 0.234. The minimum atomic E-state index is -2.06. The number of alkyl halides is 1. The van der Waals surface area contributed by atoms with Gasteiger partial charge >= 0.3 is 6.09 Å². The third kappa shape index (κ3) is 1.58. The number of nitrogens with two attached hydrogens (primary N) is 1. The molecule has 5 heteroatoms. The van der Waals surface area contributed by atoms with Crippen LogP contribution in [0.1, 0.15) is 19.3 Å². The van der Waals surface area contributed by atoms with E-state index >= 15 is 0 Å². The Morgan fingerprint density at radius 3 is 2.20 bits per heavy atom. The smallest absolute Gasteiger partial charge is 0.425 e. The number of hydrogen-bond acceptors (Lipinski definition) is 3. The Morgan fingerprint density at radius 2 is 1.87 bits per heavy atom. The number of carbonyl (C=O) groups is 1. The van der Waals surface area contributed by atoms with E-state index in [0.717, 1.165) is 5.01 Å². The highest BCUT2D eigenvalue weighted by Gasteiger charge is 2.73. The van der Waals surface area contributed by atoms with Crippen LogP contribution in [0.2, 0.25) is 0 Å². The van der Waals surface area contributed by atoms with Crippen molar-refractivity contribution in [2.24, 2.45) is 5.84 Å². The molecule has 2 N–H and O–H groups in total. The van der Waals surface area contributed by atoms with Crippen LogP contribution in [-0.4, -0.2) is 27.9 Å². The molecule has 0 aliphatic heterocycles. The van der Waals surface area contributed by atoms with E-state index in [0.29, 0.717) is 0 Å². The molecule has 0 aromatic carbocycles. The van der Waals surface area contributed by atoms with Crippen LogP contribution in [0, 0.1) is 20.8 Å². The van der Waals surface area contributed by atoms with Gasteiger partial charge in [-0.15, -0.1) is 0 Å². The summed E-state index contributed by atoms with van der Waals surface area (Å²) in [5.41, 5.74) is -3.84. The maximum absolute atomic E-state index is 13.2. The van der Waals surface area contributed by atoms with Gasteiger partial charge in [-0.05, 0) is 0 Å². The van der Waals surface area contributed by atoms with Crippen molar-refractivity contribution in [1.29, 1.82) is 0 Å². The molecule has 15 heavy (non-hydrogen) atoms. The highest BCUT2D eigenvalue weighted by molar-refractivity contribution is 5.70. The zero-order valence-electron chi connectivity index (χ0n) is 8.07. The zero-order valence-corrected chi connectivity index (χ0v) is 8.07. The molecular formula is C10H11FN2O2. The van der Waals surface area contributed by atoms with Gasteiger partial charge in [-0.2, -0.15) is 0 Å². The lowest BCUT2D eigenvalue weighted by atomic mass is 9.47. The maximum atomic E-state index is 13.2. The van der Waals surface area contributed by atoms with E-state index in [-0.39, 0.29) is 19.3 Å². The van der Waals surface area contributed by atoms with E-state index in [1.165, 1.54) is 0 Å². The van der Waals surface area contributed by atoms with Crippen LogP contribution in [0.3, 0.4) is 0 Å². The molecule has 4 nitrogen and oxygen atoms in total. The fraction of sp³-hybridized carbons (Fsp3) is 0.600. The first-order chi connectivity index (χ1) is 6.66. The van der Waals surface area contributed by atoms with Crippen molar-refractivity contribution >= 4 is 6.09 Å². The second-order valence-corrected chi connectivity index (χ2v) is 4.50. The summed E-state index contributed by atoms with van der Waals surface area (Å²) in [6.45, 7) is 15.2. The molecule has 0 heterocycles. The fourth-order valence-electron chi connectivity index (χ4n) is 2.26. The van der Waals surface area contributed by atoms with Crippen molar-refractivity contribution in [3.05, 3.63) is 20.8 Å². The standard InChI is InChI=1S/C10H11FN2O2/c1-8(2,3)15-7(14)13(12)10-4-9(11,5-10)6-10/h1-3H,4-6,12H2. The Kier molecular flexibility index (Phi) is 1.88. The Hall–Kier alpha value is -0.840. The fourth-order valence-corrected chi connectivity index (χ4v) is 2.26. The van der Waals surface area contributed by atoms with E-state index in [2.05, 4.69) is 4.74 Å². The molecule has 3 aliphatic rings. The number of carbonyl (C=O) groups excluding carboxylic acids is 1. The molecule has 0 spiro atoms. The summed E-state index contributed by atoms with van der Waals surface area (Å²) in [6, 6.07) is 0. The predicted octanol–water partition coefficient (Wildman–Crippen LogP) is 0.815. The molecule has 3 aliphatic carbocycles. The average molecular weight is 210 g/mol. The van der Waals surface area contributed by atoms with Crippen LogP contribution < -0.4 is 5.84 Å². The molecule has 0 aromatic heterocycles. The third-order valence-electron chi connectivity index (χ3n) is 2.91. The molecule has 0 unspecified atom stereocenters. The van der Waals surface area contributed by atoms with Gasteiger partial charge in [0.1, 0.15) is 11.3 Å². The Balaban J connectivity index is 1.92. The van der Waals surface area contributed by atoms with Gasteiger partial charge in [-0.25, -0.2) is 20.0 Å². The van der Waals surface area contributed by atoms with Gasteiger partial charge in [0.05, 0.1) is 5.54 Å². The summed E-state index contributed by atoms with van der Waals surface area (Å²) in [4.78, 5) is 11.3. The molecule has 1 amide bonds. The minimum Gasteiger partial charge on any atom is -0.441 e. The monoisotopic (exact) mass is 210 g/mol. The Morgan fingerprint density at radius 1 is 1.40 bits per heavy atom. The topological polar surface area (TPSA) is 55.6 Å². The third-order valence-corrected chi connectivity index (χ3v) is 2.91. The van der Waals surface area contributed by atoms with Gasteiger partial charge in [-0.1, -0.05) is 0 Å². The molecule has 3 saturated carbocycles. The van der Waals surface area contributed by atoms with E-state index in [9.17, 15) is 9.18 Å². The highest BCUT2D eigenvalue weighted by Crippen LogP contribution is 2.65. The Bertz CT molecular complexity index is 291. The van der Waals surface area contributed by atoms with Crippen LogP contribution in [0.25, 0.3) is 0 Å². The van der Waals surface area contributed by atoms with Crippen LogP contribution in [0.4, 0.5) is 9.18 Å². The summed E-state index contributed by atoms with van der Waals surface area (Å²) >= 11 is 0. The largest absolute Gasteiger partial charge is 0.441 e. The van der Waals surface area contributed by atoms with E-state index < -0.39 is 22.9 Å². The lowest BCUT2D eigenvalue weighted by Gasteiger charge is -2.67. The van der Waals surface area contributed by atoms with Crippen molar-refractivity contribution in [3.63, 3.8) is 0 Å². The first-order valence-corrected chi connectivity index (χ1v) is 4.49. The molecule has 3 fully saturated rings. The maximum Gasteiger partial charge on any atom is 0.425 e. The molecule has 3 rings (SSSR count). The number of hydrazine groups is 1. The predicted molar refractivity (Wildman–Crippen MR) is 48.6 cm³/mol. The number of amides is 1. The van der Waals surface area contributed by atoms with Crippen LogP contribution in [0.5, 0.6) is 0 Å². The van der Waals surface area contributed by atoms with Gasteiger partial charge in [0.25, 0.3) is 0 Å². The van der Waals surface area contributed by atoms with E-state index in [1.54, 1.807) is 0 Å². The summed E-state index contributed by atoms with van der Waals surface area (Å²) in [5.74, 6) is 5.49. The molecule has 2 bridgehead atoms. The summed E-state index contributed by atoms with van der Waals surface area (Å²) in [5, 5.41) is 0.829. The second kappa shape index (κ2) is 2.64. The summed E-state index contributed by atoms with van der Waals surface area (Å²) in [7, 11) is 0. The quantitative estimate of drug-likeness (QED) is 0.417. The van der Waals surface area contributed by atoms with Gasteiger partial charge in [0, 0.05) is 40.0 Å². The van der Waals surface area contributed by atoms with Crippen LogP contribution >= 0.6 is 0 Å². The van der Waals surface area contributed by atoms with Crippen molar-refractivity contribution in [2.45, 2.75) is 36.1 Å². The highest BCUT2D eigenvalue weighted by atomic mass is 19.1. The number of nitrogens with zero attached hydrogens (tertiary/aromatic N) is 1. The van der Waals surface area contributed by atoms with Gasteiger partial charge < -0.3 is 4.74 Å². The number of ether oxygens (including phenoxy) is 1. The summed E-state index contributed by atoms with van der Waals surface area (Å²) in [6.07, 6.45) is -0.237. The van der Waals surface area contributed by atoms with Crippen molar-refractivity contribution < 1.29 is 13.9 Å². The molecule has 80 valence electrons. The lowest BCUT2D eigenvalue weighted by Crippen LogP contribution is -2.79. The van der Waals surface area contributed by atoms with Crippen molar-refractivity contribution in [1.82, 2.24) is 5.01 Å². The van der Waals surface area contributed by atoms with Gasteiger partial charge in [0.15, 0.2) is 0 Å². The molecule has 6 radical (unpaired) electrons. The molecule has 0 saturated heterocycles. The molecular weight excluding hydrogens is 199 g/mol. The first kappa shape index (κ1) is 10.7. The van der Waals surface area contributed by atoms with Crippen molar-refractivity contribution in [3.8, 4) is 0 Å². The van der Waals surface area contributed by atoms with E-state index in [4.69, 9.17) is 26.6 Å².